The third-order valence-corrected chi connectivity index (χ3v) is 3.73. The molecule has 0 bridgehead atoms. The summed E-state index contributed by atoms with van der Waals surface area (Å²) in [6, 6.07) is 10.2. The van der Waals surface area contributed by atoms with Crippen LogP contribution in [0.25, 0.3) is 0 Å². The van der Waals surface area contributed by atoms with Crippen molar-refractivity contribution in [2.75, 3.05) is 14.2 Å². The summed E-state index contributed by atoms with van der Waals surface area (Å²) < 4.78 is 10.8. The molecule has 5 heteroatoms. The second kappa shape index (κ2) is 6.75. The lowest BCUT2D eigenvalue weighted by Crippen LogP contribution is -2.12. The van der Waals surface area contributed by atoms with Gasteiger partial charge in [0, 0.05) is 10.0 Å². The fourth-order valence-electron chi connectivity index (χ4n) is 2.13. The zero-order valence-corrected chi connectivity index (χ0v) is 14.1. The van der Waals surface area contributed by atoms with Gasteiger partial charge >= 0.3 is 5.97 Å². The summed E-state index contributed by atoms with van der Waals surface area (Å²) in [4.78, 5) is 24.7. The molecule has 0 heterocycles. The molecule has 0 spiro atoms. The van der Waals surface area contributed by atoms with Crippen LogP contribution in [-0.2, 0) is 4.74 Å². The van der Waals surface area contributed by atoms with Gasteiger partial charge in [0.05, 0.1) is 25.3 Å². The van der Waals surface area contributed by atoms with Gasteiger partial charge in [0.1, 0.15) is 5.75 Å². The largest absolute Gasteiger partial charge is 0.496 e. The Morgan fingerprint density at radius 1 is 0.955 bits per heavy atom. The lowest BCUT2D eigenvalue weighted by Gasteiger charge is -2.11. The van der Waals surface area contributed by atoms with Crippen molar-refractivity contribution < 1.29 is 19.1 Å². The first kappa shape index (κ1) is 16.2. The molecule has 0 amide bonds. The normalized spacial score (nSPS) is 10.2. The van der Waals surface area contributed by atoms with E-state index in [-0.39, 0.29) is 16.9 Å². The summed E-state index contributed by atoms with van der Waals surface area (Å²) in [5.74, 6) is -0.386. The van der Waals surface area contributed by atoms with E-state index in [4.69, 9.17) is 9.47 Å². The van der Waals surface area contributed by atoms with E-state index in [1.807, 2.05) is 6.92 Å². The van der Waals surface area contributed by atoms with Crippen molar-refractivity contribution >= 4 is 27.7 Å². The summed E-state index contributed by atoms with van der Waals surface area (Å²) in [6.45, 7) is 1.85. The van der Waals surface area contributed by atoms with Gasteiger partial charge in [-0.1, -0.05) is 27.6 Å². The first-order valence-corrected chi connectivity index (χ1v) is 7.34. The van der Waals surface area contributed by atoms with Crippen molar-refractivity contribution in [1.82, 2.24) is 0 Å². The summed E-state index contributed by atoms with van der Waals surface area (Å²) in [5.41, 5.74) is 1.80. The third kappa shape index (κ3) is 3.20. The van der Waals surface area contributed by atoms with Gasteiger partial charge in [-0.05, 0) is 37.3 Å². The predicted octanol–water partition coefficient (Wildman–Crippen LogP) is 3.78. The number of hydrogen-bond acceptors (Lipinski definition) is 4. The molecule has 22 heavy (non-hydrogen) atoms. The third-order valence-electron chi connectivity index (χ3n) is 3.23. The molecular formula is C17H15BrO4. The van der Waals surface area contributed by atoms with Gasteiger partial charge in [0.25, 0.3) is 0 Å². The number of aryl methyl sites for hydroxylation is 1. The minimum absolute atomic E-state index is 0.248. The molecule has 0 atom stereocenters. The molecule has 0 N–H and O–H groups in total. The van der Waals surface area contributed by atoms with E-state index in [0.717, 1.165) is 10.0 Å². The zero-order chi connectivity index (χ0) is 16.3. The Morgan fingerprint density at radius 3 is 2.27 bits per heavy atom. The van der Waals surface area contributed by atoms with E-state index >= 15 is 0 Å². The maximum absolute atomic E-state index is 12.8. The van der Waals surface area contributed by atoms with Crippen molar-refractivity contribution in [3.05, 3.63) is 63.1 Å². The van der Waals surface area contributed by atoms with Crippen LogP contribution in [-0.4, -0.2) is 26.0 Å². The van der Waals surface area contributed by atoms with Crippen molar-refractivity contribution in [1.29, 1.82) is 0 Å². The molecule has 0 aliphatic carbocycles. The average Bonchev–Trinajstić information content (AvgIpc) is 2.53. The Balaban J connectivity index is 2.57. The van der Waals surface area contributed by atoms with Crippen molar-refractivity contribution in [3.8, 4) is 5.75 Å². The second-order valence-corrected chi connectivity index (χ2v) is 5.63. The summed E-state index contributed by atoms with van der Waals surface area (Å²) in [7, 11) is 2.79. The van der Waals surface area contributed by atoms with Crippen LogP contribution in [0.5, 0.6) is 5.75 Å². The van der Waals surface area contributed by atoms with Crippen LogP contribution in [0.4, 0.5) is 0 Å². The van der Waals surface area contributed by atoms with E-state index in [1.165, 1.54) is 14.2 Å². The second-order valence-electron chi connectivity index (χ2n) is 4.71. The van der Waals surface area contributed by atoms with Gasteiger partial charge in [-0.3, -0.25) is 4.79 Å². The van der Waals surface area contributed by atoms with Crippen molar-refractivity contribution in [3.63, 3.8) is 0 Å². The van der Waals surface area contributed by atoms with Gasteiger partial charge in [0.15, 0.2) is 5.78 Å². The van der Waals surface area contributed by atoms with Crippen LogP contribution in [0.1, 0.15) is 31.8 Å². The molecule has 4 nitrogen and oxygen atoms in total. The molecule has 0 aliphatic heterocycles. The Kier molecular flexibility index (Phi) is 4.98. The molecule has 2 aromatic rings. The lowest BCUT2D eigenvalue weighted by molar-refractivity contribution is 0.0597. The van der Waals surface area contributed by atoms with Crippen LogP contribution in [0.15, 0.2) is 40.9 Å². The Bertz CT molecular complexity index is 737. The first-order chi connectivity index (χ1) is 10.5. The van der Waals surface area contributed by atoms with Gasteiger partial charge in [-0.15, -0.1) is 0 Å². The summed E-state index contributed by atoms with van der Waals surface area (Å²) in [5, 5.41) is 0. The monoisotopic (exact) mass is 362 g/mol. The number of carbonyl (C=O) groups excluding carboxylic acids is 2. The van der Waals surface area contributed by atoms with Gasteiger partial charge < -0.3 is 9.47 Å². The predicted molar refractivity (Wildman–Crippen MR) is 86.6 cm³/mol. The number of halogens is 1. The van der Waals surface area contributed by atoms with E-state index < -0.39 is 5.97 Å². The highest BCUT2D eigenvalue weighted by Gasteiger charge is 2.21. The van der Waals surface area contributed by atoms with E-state index in [9.17, 15) is 9.59 Å². The van der Waals surface area contributed by atoms with Crippen LogP contribution < -0.4 is 4.74 Å². The minimum atomic E-state index is -0.539. The molecule has 2 rings (SSSR count). The van der Waals surface area contributed by atoms with E-state index in [1.54, 1.807) is 36.4 Å². The van der Waals surface area contributed by atoms with Crippen LogP contribution in [0.2, 0.25) is 0 Å². The number of esters is 1. The fraction of sp³-hybridized carbons (Fsp3) is 0.176. The number of rotatable bonds is 4. The summed E-state index contributed by atoms with van der Waals surface area (Å²) >= 11 is 3.34. The van der Waals surface area contributed by atoms with Gasteiger partial charge in [-0.2, -0.15) is 0 Å². The number of ether oxygens (including phenoxy) is 2. The Morgan fingerprint density at radius 2 is 1.64 bits per heavy atom. The number of ketones is 1. The number of benzene rings is 2. The fourth-order valence-corrected chi connectivity index (χ4v) is 2.47. The quantitative estimate of drug-likeness (QED) is 0.613. The average molecular weight is 363 g/mol. The van der Waals surface area contributed by atoms with Gasteiger partial charge in [0.2, 0.25) is 0 Å². The van der Waals surface area contributed by atoms with Crippen molar-refractivity contribution in [2.24, 2.45) is 0 Å². The highest BCUT2D eigenvalue weighted by molar-refractivity contribution is 9.10. The number of hydrogen-bond donors (Lipinski definition) is 0. The number of carbonyl (C=O) groups is 2. The van der Waals surface area contributed by atoms with E-state index in [2.05, 4.69) is 15.9 Å². The maximum atomic E-state index is 12.8. The number of methoxy groups -OCH3 is 2. The van der Waals surface area contributed by atoms with Crippen LogP contribution in [0.3, 0.4) is 0 Å². The van der Waals surface area contributed by atoms with E-state index in [0.29, 0.717) is 11.3 Å². The standard InChI is InChI=1S/C17H15BrO4/c1-10-4-6-12(14(8-10)17(20)22-3)16(19)13-7-5-11(18)9-15(13)21-2/h4-9H,1-3H3. The highest BCUT2D eigenvalue weighted by atomic mass is 79.9. The van der Waals surface area contributed by atoms with Gasteiger partial charge in [-0.25, -0.2) is 4.79 Å². The molecule has 114 valence electrons. The SMILES string of the molecule is COC(=O)c1cc(C)ccc1C(=O)c1ccc(Br)cc1OC. The zero-order valence-electron chi connectivity index (χ0n) is 12.5. The smallest absolute Gasteiger partial charge is 0.338 e. The molecule has 0 saturated carbocycles. The first-order valence-electron chi connectivity index (χ1n) is 6.55. The molecule has 2 aromatic carbocycles. The molecular weight excluding hydrogens is 348 g/mol. The molecule has 0 aromatic heterocycles. The topological polar surface area (TPSA) is 52.6 Å². The Hall–Kier alpha value is -2.14. The molecule has 0 radical (unpaired) electrons. The minimum Gasteiger partial charge on any atom is -0.496 e. The molecule has 0 saturated heterocycles. The van der Waals surface area contributed by atoms with Crippen molar-refractivity contribution in [2.45, 2.75) is 6.92 Å². The van der Waals surface area contributed by atoms with Crippen LogP contribution in [0, 0.1) is 6.92 Å². The lowest BCUT2D eigenvalue weighted by atomic mass is 9.96. The molecule has 0 aliphatic rings. The summed E-state index contributed by atoms with van der Waals surface area (Å²) in [6.07, 6.45) is 0. The maximum Gasteiger partial charge on any atom is 0.338 e. The molecule has 0 fully saturated rings. The highest BCUT2D eigenvalue weighted by Crippen LogP contribution is 2.27. The Labute approximate surface area is 137 Å². The molecule has 0 unspecified atom stereocenters. The van der Waals surface area contributed by atoms with Crippen LogP contribution >= 0.6 is 15.9 Å².